The molecule has 94 valence electrons. The van der Waals surface area contributed by atoms with Crippen molar-refractivity contribution < 1.29 is 0 Å². The maximum absolute atomic E-state index is 3.63. The van der Waals surface area contributed by atoms with Crippen molar-refractivity contribution in [2.45, 2.75) is 59.0 Å². The highest BCUT2D eigenvalue weighted by Crippen LogP contribution is 2.10. The summed E-state index contributed by atoms with van der Waals surface area (Å²) in [5, 5.41) is 3.63. The van der Waals surface area contributed by atoms with E-state index >= 15 is 0 Å². The molecule has 0 bridgehead atoms. The maximum atomic E-state index is 3.63. The Balaban J connectivity index is 2.40. The molecule has 1 unspecified atom stereocenters. The van der Waals surface area contributed by atoms with Crippen LogP contribution in [0, 0.1) is 0 Å². The highest BCUT2D eigenvalue weighted by molar-refractivity contribution is 4.96. The lowest BCUT2D eigenvalue weighted by Crippen LogP contribution is -2.46. The summed E-state index contributed by atoms with van der Waals surface area (Å²) in [5.41, 5.74) is 1.42. The largest absolute Gasteiger partial charge is 0.313 e. The fourth-order valence-electron chi connectivity index (χ4n) is 2.16. The molecule has 2 nitrogen and oxygen atoms in total. The molecule has 0 amide bonds. The van der Waals surface area contributed by atoms with Crippen molar-refractivity contribution in [3.63, 3.8) is 0 Å². The zero-order chi connectivity index (χ0) is 12.0. The average molecular weight is 224 g/mol. The van der Waals surface area contributed by atoms with E-state index in [1.165, 1.54) is 37.9 Å². The van der Waals surface area contributed by atoms with Crippen LogP contribution in [0.2, 0.25) is 0 Å². The van der Waals surface area contributed by atoms with Crippen molar-refractivity contribution in [3.8, 4) is 0 Å². The van der Waals surface area contributed by atoms with Gasteiger partial charge in [-0.25, -0.2) is 0 Å². The summed E-state index contributed by atoms with van der Waals surface area (Å²) in [4.78, 5) is 2.57. The summed E-state index contributed by atoms with van der Waals surface area (Å²) < 4.78 is 0. The Hall–Kier alpha value is -0.340. The molecular formula is C14H28N2. The summed E-state index contributed by atoms with van der Waals surface area (Å²) >= 11 is 0. The van der Waals surface area contributed by atoms with Crippen molar-refractivity contribution in [1.29, 1.82) is 0 Å². The van der Waals surface area contributed by atoms with Gasteiger partial charge in [-0.05, 0) is 47.1 Å². The molecule has 0 spiro atoms. The minimum Gasteiger partial charge on any atom is -0.313 e. The van der Waals surface area contributed by atoms with Crippen LogP contribution in [0.25, 0.3) is 0 Å². The lowest BCUT2D eigenvalue weighted by atomic mass is 10.0. The predicted molar refractivity (Wildman–Crippen MR) is 71.8 cm³/mol. The first-order valence-corrected chi connectivity index (χ1v) is 6.70. The van der Waals surface area contributed by atoms with Gasteiger partial charge in [0.05, 0.1) is 0 Å². The maximum Gasteiger partial charge on any atom is 0.0195 e. The molecule has 1 fully saturated rings. The first-order valence-electron chi connectivity index (χ1n) is 6.70. The molecule has 0 aromatic rings. The third-order valence-electron chi connectivity index (χ3n) is 3.33. The van der Waals surface area contributed by atoms with Crippen LogP contribution >= 0.6 is 0 Å². The Morgan fingerprint density at radius 3 is 2.62 bits per heavy atom. The van der Waals surface area contributed by atoms with Gasteiger partial charge < -0.3 is 5.32 Å². The van der Waals surface area contributed by atoms with Crippen LogP contribution in [0.1, 0.15) is 47.0 Å². The highest BCUT2D eigenvalue weighted by atomic mass is 15.2. The minimum absolute atomic E-state index is 0.638. The second-order valence-corrected chi connectivity index (χ2v) is 5.48. The molecule has 0 aliphatic carbocycles. The molecule has 0 saturated carbocycles. The summed E-state index contributed by atoms with van der Waals surface area (Å²) in [7, 11) is 0. The zero-order valence-corrected chi connectivity index (χ0v) is 11.4. The van der Waals surface area contributed by atoms with Crippen molar-refractivity contribution in [2.24, 2.45) is 0 Å². The third kappa shape index (κ3) is 5.13. The zero-order valence-electron chi connectivity index (χ0n) is 11.4. The topological polar surface area (TPSA) is 15.3 Å². The Labute approximate surface area is 101 Å². The van der Waals surface area contributed by atoms with Crippen LogP contribution in [-0.2, 0) is 0 Å². The Morgan fingerprint density at radius 2 is 2.12 bits per heavy atom. The van der Waals surface area contributed by atoms with Gasteiger partial charge in [-0.1, -0.05) is 18.1 Å². The molecule has 0 aromatic carbocycles. The van der Waals surface area contributed by atoms with Crippen molar-refractivity contribution in [2.75, 3.05) is 19.6 Å². The van der Waals surface area contributed by atoms with E-state index in [9.17, 15) is 0 Å². The molecule has 1 saturated heterocycles. The summed E-state index contributed by atoms with van der Waals surface area (Å²) in [6.07, 6.45) is 6.43. The van der Waals surface area contributed by atoms with Gasteiger partial charge in [0.1, 0.15) is 0 Å². The number of piperidine rings is 1. The normalized spacial score (nSPS) is 21.5. The van der Waals surface area contributed by atoms with E-state index in [-0.39, 0.29) is 0 Å². The Morgan fingerprint density at radius 1 is 1.38 bits per heavy atom. The monoisotopic (exact) mass is 224 g/mol. The number of nitrogens with one attached hydrogen (secondary N) is 1. The fraction of sp³-hybridized carbons (Fsp3) is 0.857. The lowest BCUT2D eigenvalue weighted by Gasteiger charge is -2.32. The first-order chi connectivity index (χ1) is 7.59. The van der Waals surface area contributed by atoms with E-state index in [1.807, 2.05) is 0 Å². The molecule has 1 atom stereocenters. The van der Waals surface area contributed by atoms with Gasteiger partial charge in [0, 0.05) is 25.2 Å². The summed E-state index contributed by atoms with van der Waals surface area (Å²) in [6.45, 7) is 12.4. The van der Waals surface area contributed by atoms with Crippen molar-refractivity contribution >= 4 is 0 Å². The first kappa shape index (κ1) is 13.7. The average Bonchev–Trinajstić information content (AvgIpc) is 2.25. The van der Waals surface area contributed by atoms with Gasteiger partial charge in [-0.3, -0.25) is 4.90 Å². The smallest absolute Gasteiger partial charge is 0.0195 e. The molecule has 1 rings (SSSR count). The van der Waals surface area contributed by atoms with E-state index in [4.69, 9.17) is 0 Å². The standard InChI is InChI=1S/C14H28N2/c1-12(2)8-10-16(13(3)4)11-14-7-5-6-9-15-14/h8,13-15H,5-7,9-11H2,1-4H3. The van der Waals surface area contributed by atoms with Crippen LogP contribution in [0.5, 0.6) is 0 Å². The molecule has 1 aliphatic heterocycles. The van der Waals surface area contributed by atoms with Crippen LogP contribution in [-0.4, -0.2) is 36.6 Å². The molecule has 1 aliphatic rings. The third-order valence-corrected chi connectivity index (χ3v) is 3.33. The number of nitrogens with zero attached hydrogens (tertiary/aromatic N) is 1. The Kier molecular flexibility index (Phi) is 6.07. The van der Waals surface area contributed by atoms with E-state index in [0.717, 1.165) is 6.54 Å². The van der Waals surface area contributed by atoms with Crippen LogP contribution in [0.4, 0.5) is 0 Å². The quantitative estimate of drug-likeness (QED) is 0.722. The number of rotatable bonds is 5. The van der Waals surface area contributed by atoms with Crippen molar-refractivity contribution in [1.82, 2.24) is 10.2 Å². The fourth-order valence-corrected chi connectivity index (χ4v) is 2.16. The van der Waals surface area contributed by atoms with Crippen LogP contribution in [0.3, 0.4) is 0 Å². The van der Waals surface area contributed by atoms with Gasteiger partial charge in [0.25, 0.3) is 0 Å². The molecule has 16 heavy (non-hydrogen) atoms. The molecule has 1 heterocycles. The van der Waals surface area contributed by atoms with Gasteiger partial charge in [-0.15, -0.1) is 0 Å². The molecule has 2 heteroatoms. The van der Waals surface area contributed by atoms with Crippen LogP contribution < -0.4 is 5.32 Å². The molecule has 0 radical (unpaired) electrons. The second-order valence-electron chi connectivity index (χ2n) is 5.48. The Bertz CT molecular complexity index is 211. The molecule has 1 N–H and O–H groups in total. The van der Waals surface area contributed by atoms with Gasteiger partial charge in [-0.2, -0.15) is 0 Å². The van der Waals surface area contributed by atoms with Gasteiger partial charge >= 0.3 is 0 Å². The lowest BCUT2D eigenvalue weighted by molar-refractivity contribution is 0.203. The van der Waals surface area contributed by atoms with E-state index < -0.39 is 0 Å². The minimum atomic E-state index is 0.638. The number of hydrogen-bond acceptors (Lipinski definition) is 2. The van der Waals surface area contributed by atoms with E-state index in [0.29, 0.717) is 12.1 Å². The van der Waals surface area contributed by atoms with E-state index in [2.05, 4.69) is 44.0 Å². The van der Waals surface area contributed by atoms with Crippen LogP contribution in [0.15, 0.2) is 11.6 Å². The van der Waals surface area contributed by atoms with Gasteiger partial charge in [0.2, 0.25) is 0 Å². The van der Waals surface area contributed by atoms with Crippen molar-refractivity contribution in [3.05, 3.63) is 11.6 Å². The number of hydrogen-bond donors (Lipinski definition) is 1. The van der Waals surface area contributed by atoms with Gasteiger partial charge in [0.15, 0.2) is 0 Å². The SMILES string of the molecule is CC(C)=CCN(CC1CCCCN1)C(C)C. The second kappa shape index (κ2) is 7.08. The molecular weight excluding hydrogens is 196 g/mol. The number of allylic oxidation sites excluding steroid dienone is 1. The molecule has 0 aromatic heterocycles. The highest BCUT2D eigenvalue weighted by Gasteiger charge is 2.17. The summed E-state index contributed by atoms with van der Waals surface area (Å²) in [6, 6.07) is 1.35. The summed E-state index contributed by atoms with van der Waals surface area (Å²) in [5.74, 6) is 0. The van der Waals surface area contributed by atoms with E-state index in [1.54, 1.807) is 0 Å². The predicted octanol–water partition coefficient (Wildman–Crippen LogP) is 2.81.